The van der Waals surface area contributed by atoms with E-state index in [1.165, 1.54) is 11.3 Å². The van der Waals surface area contributed by atoms with Crippen LogP contribution in [0.4, 0.5) is 5.13 Å². The lowest BCUT2D eigenvalue weighted by atomic mass is 9.74. The molecule has 7 heteroatoms. The second-order valence-corrected chi connectivity index (χ2v) is 6.46. The van der Waals surface area contributed by atoms with Gasteiger partial charge in [0.1, 0.15) is 0 Å². The maximum atomic E-state index is 12.3. The first kappa shape index (κ1) is 13.8. The Bertz CT molecular complexity index is 721. The molecule has 1 heterocycles. The molecule has 0 spiro atoms. The predicted molar refractivity (Wildman–Crippen MR) is 80.3 cm³/mol. The van der Waals surface area contributed by atoms with Crippen LogP contribution in [0.25, 0.3) is 10.2 Å². The van der Waals surface area contributed by atoms with E-state index in [2.05, 4.69) is 10.3 Å². The molecule has 4 N–H and O–H groups in total. The van der Waals surface area contributed by atoms with E-state index < -0.39 is 11.5 Å². The summed E-state index contributed by atoms with van der Waals surface area (Å²) in [7, 11) is 0. The van der Waals surface area contributed by atoms with Crippen molar-refractivity contribution in [3.8, 4) is 0 Å². The third-order valence-electron chi connectivity index (χ3n) is 3.85. The van der Waals surface area contributed by atoms with E-state index in [4.69, 9.17) is 10.8 Å². The van der Waals surface area contributed by atoms with Gasteiger partial charge in [-0.05, 0) is 37.5 Å². The van der Waals surface area contributed by atoms with Gasteiger partial charge in [0, 0.05) is 5.56 Å². The quantitative estimate of drug-likeness (QED) is 0.801. The first-order valence-electron chi connectivity index (χ1n) is 6.68. The van der Waals surface area contributed by atoms with Gasteiger partial charge in [0.25, 0.3) is 5.91 Å². The zero-order chi connectivity index (χ0) is 15.0. The summed E-state index contributed by atoms with van der Waals surface area (Å²) in [5.74, 6) is -1.13. The Kier molecular flexibility index (Phi) is 3.29. The number of fused-ring (bicyclic) bond motifs is 1. The molecule has 0 unspecified atom stereocenters. The zero-order valence-corrected chi connectivity index (χ0v) is 12.1. The molecule has 21 heavy (non-hydrogen) atoms. The van der Waals surface area contributed by atoms with Crippen LogP contribution in [0.3, 0.4) is 0 Å². The number of hydrogen-bond donors (Lipinski definition) is 3. The summed E-state index contributed by atoms with van der Waals surface area (Å²) in [6.45, 7) is 0. The number of carboxylic acid groups (broad SMARTS) is 1. The maximum Gasteiger partial charge on any atom is 0.305 e. The lowest BCUT2D eigenvalue weighted by molar-refractivity contribution is -0.139. The molecule has 0 saturated heterocycles. The second-order valence-electron chi connectivity index (χ2n) is 5.39. The van der Waals surface area contributed by atoms with E-state index in [1.54, 1.807) is 18.2 Å². The van der Waals surface area contributed by atoms with Crippen LogP contribution >= 0.6 is 11.3 Å². The summed E-state index contributed by atoms with van der Waals surface area (Å²) in [5, 5.41) is 12.3. The standard InChI is InChI=1S/C14H15N3O3S/c15-13-16-9-3-2-8(6-10(9)21-13)12(20)17-14(4-1-5-14)7-11(18)19/h2-3,6H,1,4-5,7H2,(H2,15,16)(H,17,20)(H,18,19). The van der Waals surface area contributed by atoms with Crippen LogP contribution in [0.15, 0.2) is 18.2 Å². The highest BCUT2D eigenvalue weighted by Gasteiger charge is 2.40. The summed E-state index contributed by atoms with van der Waals surface area (Å²) in [5.41, 5.74) is 6.32. The minimum Gasteiger partial charge on any atom is -0.481 e. The molecule has 0 radical (unpaired) electrons. The second kappa shape index (κ2) is 5.00. The van der Waals surface area contributed by atoms with Crippen LogP contribution in [0.1, 0.15) is 36.0 Å². The van der Waals surface area contributed by atoms with Crippen molar-refractivity contribution in [2.75, 3.05) is 5.73 Å². The third kappa shape index (κ3) is 2.69. The average molecular weight is 305 g/mol. The number of benzene rings is 1. The number of rotatable bonds is 4. The highest BCUT2D eigenvalue weighted by molar-refractivity contribution is 7.22. The minimum atomic E-state index is -0.888. The number of aliphatic carboxylic acids is 1. The van der Waals surface area contributed by atoms with Crippen molar-refractivity contribution in [2.45, 2.75) is 31.2 Å². The maximum absolute atomic E-state index is 12.3. The summed E-state index contributed by atoms with van der Waals surface area (Å²) in [6, 6.07) is 5.18. The van der Waals surface area contributed by atoms with Crippen molar-refractivity contribution in [3.05, 3.63) is 23.8 Å². The normalized spacial score (nSPS) is 16.4. The molecule has 1 amide bonds. The number of anilines is 1. The lowest BCUT2D eigenvalue weighted by Crippen LogP contribution is -2.54. The molecule has 0 atom stereocenters. The molecule has 6 nitrogen and oxygen atoms in total. The molecule has 1 aliphatic carbocycles. The minimum absolute atomic E-state index is 0.0332. The van der Waals surface area contributed by atoms with Crippen LogP contribution in [0, 0.1) is 0 Å². The molecule has 1 aromatic carbocycles. The van der Waals surface area contributed by atoms with E-state index in [0.717, 1.165) is 16.6 Å². The number of hydrogen-bond acceptors (Lipinski definition) is 5. The van der Waals surface area contributed by atoms with Gasteiger partial charge in [0.15, 0.2) is 5.13 Å². The monoisotopic (exact) mass is 305 g/mol. The Morgan fingerprint density at radius 1 is 1.43 bits per heavy atom. The SMILES string of the molecule is Nc1nc2ccc(C(=O)NC3(CC(=O)O)CCC3)cc2s1. The van der Waals surface area contributed by atoms with Gasteiger partial charge in [0.2, 0.25) is 0 Å². The Morgan fingerprint density at radius 2 is 2.19 bits per heavy atom. The number of amides is 1. The summed E-state index contributed by atoms with van der Waals surface area (Å²) >= 11 is 1.32. The van der Waals surface area contributed by atoms with Crippen LogP contribution < -0.4 is 11.1 Å². The summed E-state index contributed by atoms with van der Waals surface area (Å²) in [4.78, 5) is 27.4. The molecular formula is C14H15N3O3S. The van der Waals surface area contributed by atoms with Crippen molar-refractivity contribution in [1.29, 1.82) is 0 Å². The van der Waals surface area contributed by atoms with Gasteiger partial charge in [0.05, 0.1) is 22.2 Å². The molecule has 1 aliphatic rings. The van der Waals surface area contributed by atoms with Gasteiger partial charge in [-0.25, -0.2) is 4.98 Å². The third-order valence-corrected chi connectivity index (χ3v) is 4.69. The van der Waals surface area contributed by atoms with Crippen molar-refractivity contribution in [2.24, 2.45) is 0 Å². The number of nitrogens with zero attached hydrogens (tertiary/aromatic N) is 1. The van der Waals surface area contributed by atoms with Crippen molar-refractivity contribution >= 4 is 38.6 Å². The van der Waals surface area contributed by atoms with Gasteiger partial charge in [-0.2, -0.15) is 0 Å². The van der Waals surface area contributed by atoms with Crippen molar-refractivity contribution in [3.63, 3.8) is 0 Å². The first-order chi connectivity index (χ1) is 9.97. The topological polar surface area (TPSA) is 105 Å². The number of nitrogen functional groups attached to an aromatic ring is 1. The van der Waals surface area contributed by atoms with Gasteiger partial charge in [-0.15, -0.1) is 0 Å². The van der Waals surface area contributed by atoms with Crippen LogP contribution in [0.5, 0.6) is 0 Å². The number of aromatic nitrogens is 1. The molecular weight excluding hydrogens is 290 g/mol. The highest BCUT2D eigenvalue weighted by Crippen LogP contribution is 2.35. The fraction of sp³-hybridized carbons (Fsp3) is 0.357. The van der Waals surface area contributed by atoms with E-state index in [0.29, 0.717) is 23.5 Å². The fourth-order valence-corrected chi connectivity index (χ4v) is 3.41. The molecule has 3 rings (SSSR count). The number of nitrogens with two attached hydrogens (primary N) is 1. The van der Waals surface area contributed by atoms with Gasteiger partial charge < -0.3 is 16.2 Å². The summed E-state index contributed by atoms with van der Waals surface area (Å²) in [6.07, 6.45) is 2.33. The molecule has 2 aromatic rings. The highest BCUT2D eigenvalue weighted by atomic mass is 32.1. The number of carbonyl (C=O) groups excluding carboxylic acids is 1. The predicted octanol–water partition coefficient (Wildman–Crippen LogP) is 2.01. The molecule has 1 fully saturated rings. The van der Waals surface area contributed by atoms with E-state index in [-0.39, 0.29) is 12.3 Å². The zero-order valence-electron chi connectivity index (χ0n) is 11.3. The lowest BCUT2D eigenvalue weighted by Gasteiger charge is -2.41. The molecule has 0 aliphatic heterocycles. The Labute approximate surface area is 125 Å². The molecule has 110 valence electrons. The van der Waals surface area contributed by atoms with Crippen LogP contribution in [-0.4, -0.2) is 27.5 Å². The molecule has 0 bridgehead atoms. The van der Waals surface area contributed by atoms with Gasteiger partial charge in [-0.3, -0.25) is 9.59 Å². The number of carboxylic acids is 1. The van der Waals surface area contributed by atoms with Crippen molar-refractivity contribution in [1.82, 2.24) is 10.3 Å². The Balaban J connectivity index is 1.81. The van der Waals surface area contributed by atoms with Crippen molar-refractivity contribution < 1.29 is 14.7 Å². The molecule has 1 aromatic heterocycles. The summed E-state index contributed by atoms with van der Waals surface area (Å²) < 4.78 is 0.848. The van der Waals surface area contributed by atoms with Crippen LogP contribution in [0.2, 0.25) is 0 Å². The smallest absolute Gasteiger partial charge is 0.305 e. The number of nitrogens with one attached hydrogen (secondary N) is 1. The number of carbonyl (C=O) groups is 2. The Hall–Kier alpha value is -2.15. The Morgan fingerprint density at radius 3 is 2.81 bits per heavy atom. The van der Waals surface area contributed by atoms with Gasteiger partial charge in [-0.1, -0.05) is 11.3 Å². The first-order valence-corrected chi connectivity index (χ1v) is 7.49. The largest absolute Gasteiger partial charge is 0.481 e. The van der Waals surface area contributed by atoms with Gasteiger partial charge >= 0.3 is 5.97 Å². The average Bonchev–Trinajstić information content (AvgIpc) is 2.74. The number of thiazole rings is 1. The van der Waals surface area contributed by atoms with Crippen LogP contribution in [-0.2, 0) is 4.79 Å². The fourth-order valence-electron chi connectivity index (χ4n) is 2.64. The molecule has 1 saturated carbocycles. The van der Waals surface area contributed by atoms with E-state index >= 15 is 0 Å². The van der Waals surface area contributed by atoms with E-state index in [9.17, 15) is 9.59 Å². The van der Waals surface area contributed by atoms with E-state index in [1.807, 2.05) is 0 Å².